The van der Waals surface area contributed by atoms with E-state index in [9.17, 15) is 0 Å². The molecule has 0 aliphatic carbocycles. The van der Waals surface area contributed by atoms with Crippen LogP contribution in [0.3, 0.4) is 0 Å². The largest absolute Gasteiger partial charge is 0.390 e. The summed E-state index contributed by atoms with van der Waals surface area (Å²) in [7, 11) is 0. The summed E-state index contributed by atoms with van der Waals surface area (Å²) in [6.45, 7) is 3.14. The highest BCUT2D eigenvalue weighted by molar-refractivity contribution is 4.97. The zero-order valence-corrected chi connectivity index (χ0v) is 6.82. The lowest BCUT2D eigenvalue weighted by Gasteiger charge is -2.02. The van der Waals surface area contributed by atoms with Gasteiger partial charge in [-0.3, -0.25) is 4.68 Å². The molecule has 0 unspecified atom stereocenters. The summed E-state index contributed by atoms with van der Waals surface area (Å²) in [6, 6.07) is 1.84. The first kappa shape index (κ1) is 8.27. The highest BCUT2D eigenvalue weighted by Crippen LogP contribution is 2.00. The van der Waals surface area contributed by atoms with Gasteiger partial charge in [-0.1, -0.05) is 13.3 Å². The minimum absolute atomic E-state index is 0.0870. The molecule has 0 aromatic carbocycles. The monoisotopic (exact) mass is 154 g/mol. The van der Waals surface area contributed by atoms with Gasteiger partial charge in [0.15, 0.2) is 0 Å². The van der Waals surface area contributed by atoms with Crippen LogP contribution in [0.4, 0.5) is 0 Å². The second kappa shape index (κ2) is 4.13. The van der Waals surface area contributed by atoms with Crippen molar-refractivity contribution in [3.05, 3.63) is 18.0 Å². The van der Waals surface area contributed by atoms with Gasteiger partial charge in [0.1, 0.15) is 0 Å². The van der Waals surface area contributed by atoms with Crippen molar-refractivity contribution < 1.29 is 5.11 Å². The number of rotatable bonds is 4. The van der Waals surface area contributed by atoms with E-state index in [0.717, 1.165) is 25.1 Å². The number of aliphatic hydroxyl groups is 1. The Morgan fingerprint density at radius 3 is 3.09 bits per heavy atom. The Balaban J connectivity index is 2.54. The number of aryl methyl sites for hydroxylation is 1. The zero-order chi connectivity index (χ0) is 8.10. The van der Waals surface area contributed by atoms with E-state index in [0.29, 0.717) is 0 Å². The van der Waals surface area contributed by atoms with Gasteiger partial charge >= 0.3 is 0 Å². The molecule has 0 amide bonds. The van der Waals surface area contributed by atoms with Crippen molar-refractivity contribution >= 4 is 0 Å². The first-order chi connectivity index (χ1) is 5.38. The first-order valence-electron chi connectivity index (χ1n) is 4.00. The molecular formula is C8H14N2O. The summed E-state index contributed by atoms with van der Waals surface area (Å²) in [5.41, 5.74) is 0.901. The maximum atomic E-state index is 8.85. The van der Waals surface area contributed by atoms with E-state index in [2.05, 4.69) is 12.0 Å². The van der Waals surface area contributed by atoms with Gasteiger partial charge < -0.3 is 5.11 Å². The van der Waals surface area contributed by atoms with Crippen molar-refractivity contribution in [3.63, 3.8) is 0 Å². The van der Waals surface area contributed by atoms with Crippen LogP contribution in [-0.4, -0.2) is 14.9 Å². The van der Waals surface area contributed by atoms with Crippen molar-refractivity contribution in [3.8, 4) is 0 Å². The van der Waals surface area contributed by atoms with Crippen LogP contribution in [0, 0.1) is 0 Å². The minimum atomic E-state index is 0.0870. The van der Waals surface area contributed by atoms with Gasteiger partial charge in [0.25, 0.3) is 0 Å². The molecule has 0 spiro atoms. The average Bonchev–Trinajstić information content (AvgIpc) is 2.47. The van der Waals surface area contributed by atoms with Gasteiger partial charge in [0.2, 0.25) is 0 Å². The standard InChI is InChI=1S/C8H14N2O/c1-2-3-6-10-8(7-11)4-5-9-10/h4-5,11H,2-3,6-7H2,1H3. The molecule has 3 heteroatoms. The Hall–Kier alpha value is -0.830. The second-order valence-electron chi connectivity index (χ2n) is 2.56. The van der Waals surface area contributed by atoms with Crippen LogP contribution in [0.25, 0.3) is 0 Å². The fraction of sp³-hybridized carbons (Fsp3) is 0.625. The maximum absolute atomic E-state index is 8.85. The lowest BCUT2D eigenvalue weighted by atomic mass is 10.3. The third-order valence-electron chi connectivity index (χ3n) is 1.69. The molecule has 11 heavy (non-hydrogen) atoms. The Kier molecular flexibility index (Phi) is 3.11. The van der Waals surface area contributed by atoms with Crippen molar-refractivity contribution in [2.75, 3.05) is 0 Å². The van der Waals surface area contributed by atoms with Gasteiger partial charge in [-0.15, -0.1) is 0 Å². The molecule has 0 aliphatic heterocycles. The first-order valence-corrected chi connectivity index (χ1v) is 4.00. The molecular weight excluding hydrogens is 140 g/mol. The fourth-order valence-electron chi connectivity index (χ4n) is 1.00. The molecule has 0 saturated carbocycles. The molecule has 0 saturated heterocycles. The van der Waals surface area contributed by atoms with Crippen LogP contribution in [-0.2, 0) is 13.2 Å². The summed E-state index contributed by atoms with van der Waals surface area (Å²) in [4.78, 5) is 0. The van der Waals surface area contributed by atoms with Crippen molar-refractivity contribution in [1.29, 1.82) is 0 Å². The highest BCUT2D eigenvalue weighted by Gasteiger charge is 1.98. The van der Waals surface area contributed by atoms with E-state index in [1.165, 1.54) is 0 Å². The van der Waals surface area contributed by atoms with Crippen LogP contribution in [0.1, 0.15) is 25.5 Å². The zero-order valence-electron chi connectivity index (χ0n) is 6.82. The van der Waals surface area contributed by atoms with Gasteiger partial charge in [-0.25, -0.2) is 0 Å². The van der Waals surface area contributed by atoms with Crippen molar-refractivity contribution in [1.82, 2.24) is 9.78 Å². The average molecular weight is 154 g/mol. The molecule has 0 radical (unpaired) electrons. The third-order valence-corrected chi connectivity index (χ3v) is 1.69. The van der Waals surface area contributed by atoms with Gasteiger partial charge in [0, 0.05) is 12.7 Å². The Labute approximate surface area is 66.7 Å². The van der Waals surface area contributed by atoms with Gasteiger partial charge in [-0.05, 0) is 12.5 Å². The normalized spacial score (nSPS) is 10.4. The van der Waals surface area contributed by atoms with E-state index in [1.54, 1.807) is 6.20 Å². The smallest absolute Gasteiger partial charge is 0.0849 e. The van der Waals surface area contributed by atoms with Gasteiger partial charge in [0.05, 0.1) is 12.3 Å². The Bertz CT molecular complexity index is 208. The van der Waals surface area contributed by atoms with Crippen LogP contribution < -0.4 is 0 Å². The van der Waals surface area contributed by atoms with E-state index in [4.69, 9.17) is 5.11 Å². The summed E-state index contributed by atoms with van der Waals surface area (Å²) in [5.74, 6) is 0. The van der Waals surface area contributed by atoms with E-state index < -0.39 is 0 Å². The number of aromatic nitrogens is 2. The van der Waals surface area contributed by atoms with E-state index >= 15 is 0 Å². The predicted molar refractivity (Wildman–Crippen MR) is 43.1 cm³/mol. The molecule has 1 heterocycles. The summed E-state index contributed by atoms with van der Waals surface area (Å²) in [5, 5.41) is 12.9. The molecule has 1 rings (SSSR count). The van der Waals surface area contributed by atoms with E-state index in [-0.39, 0.29) is 6.61 Å². The molecule has 1 N–H and O–H groups in total. The Morgan fingerprint density at radius 2 is 2.45 bits per heavy atom. The predicted octanol–water partition coefficient (Wildman–Crippen LogP) is 1.18. The van der Waals surface area contributed by atoms with Crippen LogP contribution in [0.2, 0.25) is 0 Å². The number of nitrogens with zero attached hydrogens (tertiary/aromatic N) is 2. The maximum Gasteiger partial charge on any atom is 0.0849 e. The molecule has 0 bridgehead atoms. The number of aliphatic hydroxyl groups excluding tert-OH is 1. The second-order valence-corrected chi connectivity index (χ2v) is 2.56. The van der Waals surface area contributed by atoms with Crippen molar-refractivity contribution in [2.45, 2.75) is 32.9 Å². The number of hydrogen-bond acceptors (Lipinski definition) is 2. The van der Waals surface area contributed by atoms with Crippen molar-refractivity contribution in [2.24, 2.45) is 0 Å². The number of hydrogen-bond donors (Lipinski definition) is 1. The molecule has 1 aromatic heterocycles. The molecule has 0 fully saturated rings. The molecule has 62 valence electrons. The molecule has 1 aromatic rings. The minimum Gasteiger partial charge on any atom is -0.390 e. The third kappa shape index (κ3) is 2.05. The SMILES string of the molecule is CCCCn1nccc1CO. The lowest BCUT2D eigenvalue weighted by Crippen LogP contribution is -2.04. The summed E-state index contributed by atoms with van der Waals surface area (Å²) >= 11 is 0. The fourth-order valence-corrected chi connectivity index (χ4v) is 1.00. The van der Waals surface area contributed by atoms with E-state index in [1.807, 2.05) is 10.7 Å². The number of unbranched alkanes of at least 4 members (excludes halogenated alkanes) is 1. The molecule has 0 aliphatic rings. The lowest BCUT2D eigenvalue weighted by molar-refractivity contribution is 0.267. The molecule has 3 nitrogen and oxygen atoms in total. The van der Waals surface area contributed by atoms with Crippen LogP contribution in [0.15, 0.2) is 12.3 Å². The molecule has 0 atom stereocenters. The summed E-state index contributed by atoms with van der Waals surface area (Å²) < 4.78 is 1.85. The van der Waals surface area contributed by atoms with Crippen LogP contribution in [0.5, 0.6) is 0 Å². The van der Waals surface area contributed by atoms with Gasteiger partial charge in [-0.2, -0.15) is 5.10 Å². The quantitative estimate of drug-likeness (QED) is 0.707. The Morgan fingerprint density at radius 1 is 1.64 bits per heavy atom. The topological polar surface area (TPSA) is 38.0 Å². The van der Waals surface area contributed by atoms with Crippen LogP contribution >= 0.6 is 0 Å². The summed E-state index contributed by atoms with van der Waals surface area (Å²) in [6.07, 6.45) is 4.00. The highest BCUT2D eigenvalue weighted by atomic mass is 16.3.